The highest BCUT2D eigenvalue weighted by Crippen LogP contribution is 2.76. The average Bonchev–Trinajstić information content (AvgIpc) is 0.669. The highest BCUT2D eigenvalue weighted by Gasteiger charge is 2.73. The van der Waals surface area contributed by atoms with Crippen LogP contribution in [0, 0.1) is 50.2 Å². The molecule has 0 bridgehead atoms. The third kappa shape index (κ3) is 21.9. The van der Waals surface area contributed by atoms with Crippen LogP contribution in [0.3, 0.4) is 0 Å². The number of aliphatic carboxylic acids is 1. The SMILES string of the molecule is CCC(OC(C)=O)/C(OC(O)/C(O)=C(/O)C(C)O)=C(/O)C(O)OC(CC)C(O)C(CO)(OC(=O)[C@]12CCC(C)(C)CC1C1=CCC3[C@@]4(C)CC[C@H](OC5(OC(O)/C(O)=C(\O)C(O)CCO)COC(C(=O)O)C(O)C5OC(O)C(O)C(O)C(C)O)C(C)(C)C4CC[C@@]3(C)[C@]1(C)C[C@H]2O)OC1OC(C)C(OC(O)/C(O)=C(/OC(O)/C(O)=C(/O)C(O)CCO)C(C)O)C(O)C1O. The van der Waals surface area contributed by atoms with E-state index in [1.807, 2.05) is 40.7 Å². The van der Waals surface area contributed by atoms with Crippen LogP contribution in [0.25, 0.3) is 0 Å². The Morgan fingerprint density at radius 1 is 0.594 bits per heavy atom. The summed E-state index contributed by atoms with van der Waals surface area (Å²) < 4.78 is 70.1. The second kappa shape index (κ2) is 42.9. The van der Waals surface area contributed by atoms with Crippen molar-refractivity contribution >= 4 is 17.9 Å². The lowest BCUT2D eigenvalue weighted by atomic mass is 9.33. The second-order valence-corrected chi connectivity index (χ2v) is 36.6. The Morgan fingerprint density at radius 2 is 1.16 bits per heavy atom. The number of carbonyl (C=O) groups excluding carboxylic acids is 2. The van der Waals surface area contributed by atoms with E-state index in [4.69, 9.17) is 56.8 Å². The molecule has 738 valence electrons. The molecule has 45 heteroatoms. The summed E-state index contributed by atoms with van der Waals surface area (Å²) in [7, 11) is 0. The maximum atomic E-state index is 16.6. The number of aliphatic hydroxyl groups is 29. The molecule has 2 aliphatic heterocycles. The van der Waals surface area contributed by atoms with Gasteiger partial charge in [-0.2, -0.15) is 0 Å². The molecule has 4 saturated carbocycles. The second-order valence-electron chi connectivity index (χ2n) is 36.6. The Labute approximate surface area is 737 Å². The molecule has 0 aromatic carbocycles. The van der Waals surface area contributed by atoms with Gasteiger partial charge in [-0.3, -0.25) is 9.59 Å². The first-order valence-corrected chi connectivity index (χ1v) is 42.5. The monoisotopic (exact) mass is 1850 g/mol. The quantitative estimate of drug-likeness (QED) is 0.0143. The Kier molecular flexibility index (Phi) is 36.5. The van der Waals surface area contributed by atoms with Gasteiger partial charge >= 0.3 is 17.9 Å². The topological polar surface area (TPSA) is 769 Å². The van der Waals surface area contributed by atoms with Crippen LogP contribution in [-0.4, -0.2) is 369 Å². The third-order valence-electron chi connectivity index (χ3n) is 27.3. The van der Waals surface area contributed by atoms with Crippen LogP contribution in [-0.2, 0) is 71.2 Å². The van der Waals surface area contributed by atoms with Crippen LogP contribution in [0.5, 0.6) is 0 Å². The van der Waals surface area contributed by atoms with Crippen molar-refractivity contribution in [1.29, 1.82) is 0 Å². The first-order valence-electron chi connectivity index (χ1n) is 42.5. The van der Waals surface area contributed by atoms with Crippen LogP contribution >= 0.6 is 0 Å². The summed E-state index contributed by atoms with van der Waals surface area (Å²) in [6.45, 7) is 16.8. The third-order valence-corrected chi connectivity index (χ3v) is 27.3. The van der Waals surface area contributed by atoms with E-state index in [2.05, 4.69) is 13.8 Å². The van der Waals surface area contributed by atoms with Crippen molar-refractivity contribution in [2.45, 2.75) is 352 Å². The van der Waals surface area contributed by atoms with E-state index in [-0.39, 0.29) is 57.3 Å². The van der Waals surface area contributed by atoms with Gasteiger partial charge in [0.05, 0.1) is 30.5 Å². The summed E-state index contributed by atoms with van der Waals surface area (Å²) in [4.78, 5) is 41.7. The van der Waals surface area contributed by atoms with E-state index >= 15 is 4.79 Å². The van der Waals surface area contributed by atoms with Gasteiger partial charge in [-0.25, -0.2) is 4.79 Å². The van der Waals surface area contributed by atoms with E-state index in [1.54, 1.807) is 0 Å². The number of rotatable bonds is 42. The molecule has 7 aliphatic rings. The molecule has 30 N–H and O–H groups in total. The van der Waals surface area contributed by atoms with Crippen LogP contribution in [0.1, 0.15) is 180 Å². The maximum absolute atomic E-state index is 16.6. The maximum Gasteiger partial charge on any atom is 0.335 e. The van der Waals surface area contributed by atoms with E-state index in [9.17, 15) is 163 Å². The van der Waals surface area contributed by atoms with Crippen molar-refractivity contribution in [2.24, 2.45) is 50.2 Å². The molecular formula is C83H136O45. The van der Waals surface area contributed by atoms with Crippen LogP contribution in [0.2, 0.25) is 0 Å². The summed E-state index contributed by atoms with van der Waals surface area (Å²) in [6.07, 6.45) is -57.7. The summed E-state index contributed by atoms with van der Waals surface area (Å²) in [5.41, 5.74) is -5.95. The minimum Gasteiger partial charge on any atom is -0.506 e. The van der Waals surface area contributed by atoms with Crippen molar-refractivity contribution in [3.8, 4) is 0 Å². The van der Waals surface area contributed by atoms with E-state index in [0.29, 0.717) is 18.4 Å². The zero-order valence-electron chi connectivity index (χ0n) is 73.9. The molecule has 128 heavy (non-hydrogen) atoms. The average molecular weight is 1850 g/mol. The molecule has 6 fully saturated rings. The van der Waals surface area contributed by atoms with Crippen LogP contribution in [0.15, 0.2) is 69.2 Å². The van der Waals surface area contributed by atoms with Gasteiger partial charge in [-0.05, 0) is 143 Å². The molecule has 0 aromatic heterocycles. The van der Waals surface area contributed by atoms with Gasteiger partial charge in [0.25, 0.3) is 18.4 Å². The van der Waals surface area contributed by atoms with Crippen LogP contribution < -0.4 is 0 Å². The molecule has 0 radical (unpaired) electrons. The zero-order valence-corrected chi connectivity index (χ0v) is 73.9. The Morgan fingerprint density at radius 3 is 1.68 bits per heavy atom. The van der Waals surface area contributed by atoms with E-state index in [0.717, 1.165) is 34.6 Å². The van der Waals surface area contributed by atoms with Gasteiger partial charge in [-0.15, -0.1) is 0 Å². The first-order chi connectivity index (χ1) is 59.3. The lowest BCUT2D eigenvalue weighted by Gasteiger charge is -2.72. The van der Waals surface area contributed by atoms with Crippen molar-refractivity contribution in [1.82, 2.24) is 0 Å². The van der Waals surface area contributed by atoms with Crippen molar-refractivity contribution in [3.63, 3.8) is 0 Å². The number of aliphatic hydroxyl groups excluding tert-OH is 29. The number of esters is 2. The van der Waals surface area contributed by atoms with E-state index in [1.165, 1.54) is 13.8 Å². The molecule has 7 rings (SSSR count). The lowest BCUT2D eigenvalue weighted by Crippen LogP contribution is -2.71. The standard InChI is InChI=1S/C83H136O45/c1-15-42(119-37(7)90)63(123-68(110)53(99)48(94)33(3)87)60(106)71(113)120-43(16-2)65(107)82(31-86,127-74-57(103)52(98)62(36(6)118-74)122-72(114)59(105)61(35(5)89)121-69(111)55(101)50(96)40(91)21-27-84)128-75(116)81-26-25-76(8,9)29-39(81)38-17-18-45-78(12)23-20-47(77(10,11)44(78)19-24-79(45,13)80(38,14)30-46(81)93)125-83(126-73(115)56(102)51(97)41(92)22-28-85)32-117-64(67(108)109)58(104)66(83)124-70(112)54(100)49(95)34(4)88/h17,33-36,39-47,49,52,54,57-58,62,64-66,68-74,84-89,91-107,110-115H,15-16,18-32H2,1-14H3,(H,108,109)/b53-48-,55-50-,56-51+,61-59-,63-60-/t33?,34?,35?,36?,39?,40?,41?,42?,43?,44?,45?,46-,47+,49?,52?,54?,57?,58?,62?,64?,65?,66?,68?,69?,70?,71?,72?,73?,74?,78+,79-,80-,81-,82?,83?/m1/s1. The molecule has 35 atom stereocenters. The lowest BCUT2D eigenvalue weighted by molar-refractivity contribution is -0.419. The number of hydrogen-bond donors (Lipinski definition) is 30. The van der Waals surface area contributed by atoms with Gasteiger partial charge in [-0.1, -0.05) is 74.0 Å². The zero-order chi connectivity index (χ0) is 97.0. The Bertz CT molecular complexity index is 3940. The fourth-order valence-electron chi connectivity index (χ4n) is 19.9. The molecule has 5 aliphatic carbocycles. The smallest absolute Gasteiger partial charge is 0.335 e. The predicted molar refractivity (Wildman–Crippen MR) is 429 cm³/mol. The Balaban J connectivity index is 1.32. The number of hydrogen-bond acceptors (Lipinski definition) is 44. The number of allylic oxidation sites excluding steroid dienone is 2. The first kappa shape index (κ1) is 109. The highest BCUT2D eigenvalue weighted by atomic mass is 16.8. The van der Waals surface area contributed by atoms with Crippen molar-refractivity contribution in [2.75, 3.05) is 26.4 Å². The Hall–Kier alpha value is -6.31. The van der Waals surface area contributed by atoms with Gasteiger partial charge in [0.1, 0.15) is 91.9 Å². The fraction of sp³-hybridized carbons (Fsp3) is 0.819. The molecule has 0 aromatic rings. The summed E-state index contributed by atoms with van der Waals surface area (Å²) in [6, 6.07) is 0. The summed E-state index contributed by atoms with van der Waals surface area (Å²) >= 11 is 0. The molecule has 0 spiro atoms. The van der Waals surface area contributed by atoms with Gasteiger partial charge in [0.2, 0.25) is 36.2 Å². The molecular weight excluding hydrogens is 1720 g/mol. The molecule has 2 heterocycles. The highest BCUT2D eigenvalue weighted by molar-refractivity contribution is 5.80. The van der Waals surface area contributed by atoms with Crippen LogP contribution in [0.4, 0.5) is 0 Å². The van der Waals surface area contributed by atoms with Gasteiger partial charge < -0.3 is 210 Å². The minimum atomic E-state index is -3.47. The van der Waals surface area contributed by atoms with E-state index < -0.39 is 337 Å². The molecule has 45 nitrogen and oxygen atoms in total. The number of carbonyl (C=O) groups is 3. The van der Waals surface area contributed by atoms with Crippen molar-refractivity contribution < 1.29 is 224 Å². The van der Waals surface area contributed by atoms with Gasteiger partial charge in [0.15, 0.2) is 70.9 Å². The predicted octanol–water partition coefficient (Wildman–Crippen LogP) is -1.50. The molecule has 0 amide bonds. The number of fused-ring (bicyclic) bond motifs is 7. The largest absolute Gasteiger partial charge is 0.506 e. The summed E-state index contributed by atoms with van der Waals surface area (Å²) in [5.74, 6) is -26.0. The molecule has 29 unspecified atom stereocenters. The molecule has 2 saturated heterocycles. The number of carboxylic acid groups (broad SMARTS) is 1. The van der Waals surface area contributed by atoms with Crippen molar-refractivity contribution in [3.05, 3.63) is 69.2 Å². The van der Waals surface area contributed by atoms with Gasteiger partial charge in [0, 0.05) is 33.0 Å². The normalized spacial score (nSPS) is 35.8. The summed E-state index contributed by atoms with van der Waals surface area (Å²) in [5, 5.41) is 331. The number of ether oxygens (including phenoxy) is 12. The fourth-order valence-corrected chi connectivity index (χ4v) is 19.9. The minimum absolute atomic E-state index is 0.0163. The number of carboxylic acids is 1.